The zero-order chi connectivity index (χ0) is 17.2. The van der Waals surface area contributed by atoms with Gasteiger partial charge in [-0.15, -0.1) is 16.4 Å². The van der Waals surface area contributed by atoms with Crippen molar-refractivity contribution in [2.45, 2.75) is 0 Å². The highest BCUT2D eigenvalue weighted by Gasteiger charge is 2.16. The van der Waals surface area contributed by atoms with Gasteiger partial charge in [-0.1, -0.05) is 17.2 Å². The molecule has 1 amide bonds. The predicted molar refractivity (Wildman–Crippen MR) is 93.9 cm³/mol. The van der Waals surface area contributed by atoms with Crippen LogP contribution in [0.1, 0.15) is 9.80 Å². The van der Waals surface area contributed by atoms with Gasteiger partial charge in [-0.05, 0) is 36.4 Å². The molecule has 0 atom stereocenters. The summed E-state index contributed by atoms with van der Waals surface area (Å²) in [5, 5.41) is 10.7. The molecule has 8 heteroatoms. The molecule has 1 N–H and O–H groups in total. The van der Waals surface area contributed by atoms with E-state index in [1.165, 1.54) is 11.3 Å². The highest BCUT2D eigenvalue weighted by molar-refractivity contribution is 7.20. The number of fused-ring (bicyclic) bond motifs is 1. The number of para-hydroxylation sites is 1. The summed E-state index contributed by atoms with van der Waals surface area (Å²) in [4.78, 5) is 16.6. The lowest BCUT2D eigenvalue weighted by Gasteiger charge is -1.99. The summed E-state index contributed by atoms with van der Waals surface area (Å²) in [6.45, 7) is 0. The van der Waals surface area contributed by atoms with Crippen LogP contribution in [0, 0.1) is 0 Å². The van der Waals surface area contributed by atoms with Crippen molar-refractivity contribution in [1.29, 1.82) is 0 Å². The van der Waals surface area contributed by atoms with Gasteiger partial charge in [0, 0.05) is 5.56 Å². The lowest BCUT2D eigenvalue weighted by atomic mass is 10.2. The largest absolute Gasteiger partial charge is 0.497 e. The Labute approximate surface area is 146 Å². The van der Waals surface area contributed by atoms with Crippen molar-refractivity contribution < 1.29 is 13.9 Å². The number of nitrogens with one attached hydrogen (secondary N) is 1. The number of benzene rings is 2. The monoisotopic (exact) mass is 352 g/mol. The van der Waals surface area contributed by atoms with E-state index in [2.05, 4.69) is 20.5 Å². The summed E-state index contributed by atoms with van der Waals surface area (Å²) in [5.41, 5.74) is 1.51. The van der Waals surface area contributed by atoms with E-state index in [9.17, 15) is 4.79 Å². The third-order valence-electron chi connectivity index (χ3n) is 3.47. The average Bonchev–Trinajstić information content (AvgIpc) is 3.28. The van der Waals surface area contributed by atoms with Crippen molar-refractivity contribution in [3.05, 3.63) is 53.5 Å². The zero-order valence-electron chi connectivity index (χ0n) is 13.1. The zero-order valence-corrected chi connectivity index (χ0v) is 13.9. The minimum atomic E-state index is -0.383. The summed E-state index contributed by atoms with van der Waals surface area (Å²) in [7, 11) is 1.59. The Bertz CT molecular complexity index is 1010. The van der Waals surface area contributed by atoms with Crippen LogP contribution in [0.5, 0.6) is 5.75 Å². The number of methoxy groups -OCH3 is 1. The lowest BCUT2D eigenvalue weighted by molar-refractivity contribution is 0.102. The predicted octanol–water partition coefficient (Wildman–Crippen LogP) is 3.61. The van der Waals surface area contributed by atoms with E-state index < -0.39 is 0 Å². The van der Waals surface area contributed by atoms with Crippen LogP contribution in [0.4, 0.5) is 6.01 Å². The van der Waals surface area contributed by atoms with Gasteiger partial charge in [-0.3, -0.25) is 10.1 Å². The van der Waals surface area contributed by atoms with Gasteiger partial charge in [0.1, 0.15) is 5.75 Å². The SMILES string of the molecule is COc1ccc(-c2nnc(NC(=O)c3nc4ccccc4s3)o2)cc1. The van der Waals surface area contributed by atoms with E-state index >= 15 is 0 Å². The second-order valence-electron chi connectivity index (χ2n) is 5.08. The van der Waals surface area contributed by atoms with Gasteiger partial charge in [0.25, 0.3) is 5.91 Å². The standard InChI is InChI=1S/C17H12N4O3S/c1-23-11-8-6-10(7-9-11)15-20-21-17(24-15)19-14(22)16-18-12-4-2-3-5-13(12)25-16/h2-9H,1H3,(H,19,21,22). The van der Waals surface area contributed by atoms with Gasteiger partial charge in [0.15, 0.2) is 5.01 Å². The first-order valence-electron chi connectivity index (χ1n) is 7.38. The Morgan fingerprint density at radius 1 is 1.12 bits per heavy atom. The van der Waals surface area contributed by atoms with Crippen LogP contribution in [-0.4, -0.2) is 28.2 Å². The molecule has 0 unspecified atom stereocenters. The Morgan fingerprint density at radius 2 is 1.92 bits per heavy atom. The number of thiazole rings is 1. The molecular weight excluding hydrogens is 340 g/mol. The molecule has 0 aliphatic rings. The Morgan fingerprint density at radius 3 is 2.68 bits per heavy atom. The first-order valence-corrected chi connectivity index (χ1v) is 8.19. The number of aromatic nitrogens is 3. The molecule has 0 radical (unpaired) electrons. The van der Waals surface area contributed by atoms with Crippen LogP contribution in [0.25, 0.3) is 21.7 Å². The summed E-state index contributed by atoms with van der Waals surface area (Å²) in [6.07, 6.45) is 0. The van der Waals surface area contributed by atoms with E-state index in [4.69, 9.17) is 9.15 Å². The normalized spacial score (nSPS) is 10.8. The van der Waals surface area contributed by atoms with Crippen LogP contribution in [0.2, 0.25) is 0 Å². The van der Waals surface area contributed by atoms with Crippen molar-refractivity contribution in [2.75, 3.05) is 12.4 Å². The second kappa shape index (κ2) is 6.33. The van der Waals surface area contributed by atoms with Gasteiger partial charge in [0.05, 0.1) is 17.3 Å². The van der Waals surface area contributed by atoms with Crippen LogP contribution in [0.15, 0.2) is 52.9 Å². The first-order chi connectivity index (χ1) is 12.2. The number of anilines is 1. The first kappa shape index (κ1) is 15.3. The molecule has 2 aromatic heterocycles. The summed E-state index contributed by atoms with van der Waals surface area (Å²) in [6, 6.07) is 14.8. The lowest BCUT2D eigenvalue weighted by Crippen LogP contribution is -2.11. The molecule has 2 aromatic carbocycles. The molecule has 0 spiro atoms. The van der Waals surface area contributed by atoms with Crippen LogP contribution in [0.3, 0.4) is 0 Å². The Balaban J connectivity index is 1.52. The number of rotatable bonds is 4. The number of amides is 1. The smallest absolute Gasteiger partial charge is 0.322 e. The van der Waals surface area contributed by atoms with E-state index in [1.807, 2.05) is 24.3 Å². The summed E-state index contributed by atoms with van der Waals surface area (Å²) < 4.78 is 11.5. The highest BCUT2D eigenvalue weighted by atomic mass is 32.1. The number of hydrogen-bond acceptors (Lipinski definition) is 7. The van der Waals surface area contributed by atoms with Crippen molar-refractivity contribution in [2.24, 2.45) is 0 Å². The minimum Gasteiger partial charge on any atom is -0.497 e. The number of nitrogens with zero attached hydrogens (tertiary/aromatic N) is 3. The molecule has 7 nitrogen and oxygen atoms in total. The van der Waals surface area contributed by atoms with Gasteiger partial charge in [0.2, 0.25) is 5.89 Å². The van der Waals surface area contributed by atoms with Crippen molar-refractivity contribution in [1.82, 2.24) is 15.2 Å². The maximum absolute atomic E-state index is 12.3. The summed E-state index contributed by atoms with van der Waals surface area (Å²) in [5.74, 6) is 0.654. The van der Waals surface area contributed by atoms with Crippen molar-refractivity contribution in [3.63, 3.8) is 0 Å². The third-order valence-corrected chi connectivity index (χ3v) is 4.51. The quantitative estimate of drug-likeness (QED) is 0.603. The molecule has 0 fully saturated rings. The van der Waals surface area contributed by atoms with E-state index in [-0.39, 0.29) is 11.9 Å². The Kier molecular flexibility index (Phi) is 3.87. The maximum Gasteiger partial charge on any atom is 0.322 e. The van der Waals surface area contributed by atoms with Gasteiger partial charge in [-0.2, -0.15) is 0 Å². The molecule has 2 heterocycles. The number of hydrogen-bond donors (Lipinski definition) is 1. The minimum absolute atomic E-state index is 0.0232. The molecule has 0 bridgehead atoms. The van der Waals surface area contributed by atoms with Crippen molar-refractivity contribution >= 4 is 33.5 Å². The van der Waals surface area contributed by atoms with Gasteiger partial charge >= 0.3 is 6.01 Å². The maximum atomic E-state index is 12.3. The van der Waals surface area contributed by atoms with E-state index in [0.717, 1.165) is 21.5 Å². The molecule has 4 aromatic rings. The van der Waals surface area contributed by atoms with Crippen LogP contribution in [-0.2, 0) is 0 Å². The molecule has 0 aliphatic carbocycles. The van der Waals surface area contributed by atoms with Crippen LogP contribution < -0.4 is 10.1 Å². The molecule has 0 saturated heterocycles. The number of ether oxygens (including phenoxy) is 1. The third kappa shape index (κ3) is 3.07. The molecule has 25 heavy (non-hydrogen) atoms. The number of carbonyl (C=O) groups is 1. The molecule has 0 saturated carbocycles. The number of carbonyl (C=O) groups excluding carboxylic acids is 1. The van der Waals surface area contributed by atoms with Crippen molar-refractivity contribution in [3.8, 4) is 17.2 Å². The van der Waals surface area contributed by atoms with E-state index in [1.54, 1.807) is 31.4 Å². The molecule has 124 valence electrons. The topological polar surface area (TPSA) is 90.1 Å². The fourth-order valence-corrected chi connectivity index (χ4v) is 3.10. The Hall–Kier alpha value is -3.26. The fourth-order valence-electron chi connectivity index (χ4n) is 2.24. The fraction of sp³-hybridized carbons (Fsp3) is 0.0588. The highest BCUT2D eigenvalue weighted by Crippen LogP contribution is 2.24. The van der Waals surface area contributed by atoms with E-state index in [0.29, 0.717) is 10.9 Å². The van der Waals surface area contributed by atoms with Gasteiger partial charge < -0.3 is 9.15 Å². The molecular formula is C17H12N4O3S. The second-order valence-corrected chi connectivity index (χ2v) is 6.11. The average molecular weight is 352 g/mol. The molecule has 4 rings (SSSR count). The summed E-state index contributed by atoms with van der Waals surface area (Å²) >= 11 is 1.30. The molecule has 0 aliphatic heterocycles. The van der Waals surface area contributed by atoms with Crippen LogP contribution >= 0.6 is 11.3 Å². The van der Waals surface area contributed by atoms with Gasteiger partial charge in [-0.25, -0.2) is 4.98 Å².